The fraction of sp³-hybridized carbons (Fsp3) is 0.364. The molecule has 0 saturated carbocycles. The SMILES string of the molecule is CCC(C)(C)NC(=O)CN1C(=O)C(N(C(N)=O)c2cccc(N(C)C)c2)CC(c2ccc(Cl)cc2)c2ccc(C)cc21. The van der Waals surface area contributed by atoms with Crippen LogP contribution in [0.2, 0.25) is 5.02 Å². The van der Waals surface area contributed by atoms with Gasteiger partial charge in [-0.25, -0.2) is 4.79 Å². The van der Waals surface area contributed by atoms with Crippen molar-refractivity contribution in [1.82, 2.24) is 5.32 Å². The zero-order valence-electron chi connectivity index (χ0n) is 25.1. The monoisotopic (exact) mass is 589 g/mol. The molecule has 4 amide bonds. The summed E-state index contributed by atoms with van der Waals surface area (Å²) in [4.78, 5) is 46.0. The van der Waals surface area contributed by atoms with Crippen molar-refractivity contribution in [3.63, 3.8) is 0 Å². The highest BCUT2D eigenvalue weighted by atomic mass is 35.5. The first-order chi connectivity index (χ1) is 19.8. The number of carbonyl (C=O) groups is 3. The highest BCUT2D eigenvalue weighted by molar-refractivity contribution is 6.30. The van der Waals surface area contributed by atoms with Gasteiger partial charge in [-0.15, -0.1) is 0 Å². The van der Waals surface area contributed by atoms with Gasteiger partial charge in [-0.2, -0.15) is 0 Å². The molecule has 3 aromatic carbocycles. The van der Waals surface area contributed by atoms with Crippen molar-refractivity contribution in [2.45, 2.75) is 58.0 Å². The lowest BCUT2D eigenvalue weighted by atomic mass is 9.85. The molecule has 42 heavy (non-hydrogen) atoms. The molecular weight excluding hydrogens is 550 g/mol. The van der Waals surface area contributed by atoms with E-state index in [0.29, 0.717) is 16.4 Å². The summed E-state index contributed by atoms with van der Waals surface area (Å²) in [6.07, 6.45) is 0.978. The second-order valence-corrected chi connectivity index (χ2v) is 12.2. The minimum atomic E-state index is -0.986. The molecule has 4 rings (SSSR count). The van der Waals surface area contributed by atoms with E-state index < -0.39 is 17.6 Å². The molecule has 0 saturated heterocycles. The number of carbonyl (C=O) groups excluding carboxylic acids is 3. The van der Waals surface area contributed by atoms with Crippen LogP contribution in [0, 0.1) is 6.92 Å². The lowest BCUT2D eigenvalue weighted by Gasteiger charge is -2.33. The molecule has 1 aliphatic heterocycles. The Morgan fingerprint density at radius 1 is 1.05 bits per heavy atom. The molecule has 9 heteroatoms. The number of urea groups is 1. The zero-order valence-corrected chi connectivity index (χ0v) is 25.9. The number of primary amides is 1. The molecule has 0 radical (unpaired) electrons. The van der Waals surface area contributed by atoms with Crippen molar-refractivity contribution in [3.05, 3.63) is 88.4 Å². The van der Waals surface area contributed by atoms with Crippen LogP contribution in [0.15, 0.2) is 66.7 Å². The second kappa shape index (κ2) is 12.4. The van der Waals surface area contributed by atoms with Crippen molar-refractivity contribution in [3.8, 4) is 0 Å². The van der Waals surface area contributed by atoms with Crippen molar-refractivity contribution in [2.75, 3.05) is 35.3 Å². The van der Waals surface area contributed by atoms with Gasteiger partial charge in [0.1, 0.15) is 12.6 Å². The summed E-state index contributed by atoms with van der Waals surface area (Å²) in [5, 5.41) is 3.65. The number of hydrogen-bond donors (Lipinski definition) is 2. The Kier molecular flexibility index (Phi) is 9.16. The highest BCUT2D eigenvalue weighted by Crippen LogP contribution is 2.42. The molecule has 2 atom stereocenters. The van der Waals surface area contributed by atoms with Crippen LogP contribution in [0.1, 0.15) is 56.2 Å². The number of hydrogen-bond acceptors (Lipinski definition) is 4. The number of aryl methyl sites for hydroxylation is 1. The van der Waals surface area contributed by atoms with E-state index in [0.717, 1.165) is 28.8 Å². The van der Waals surface area contributed by atoms with Crippen LogP contribution in [0.3, 0.4) is 0 Å². The van der Waals surface area contributed by atoms with Crippen LogP contribution >= 0.6 is 11.6 Å². The topological polar surface area (TPSA) is 99.0 Å². The molecule has 1 aliphatic rings. The summed E-state index contributed by atoms with van der Waals surface area (Å²) in [5.74, 6) is -0.950. The molecule has 3 aromatic rings. The van der Waals surface area contributed by atoms with Gasteiger partial charge in [0.05, 0.1) is 0 Å². The van der Waals surface area contributed by atoms with Gasteiger partial charge in [-0.3, -0.25) is 14.5 Å². The zero-order chi connectivity index (χ0) is 30.8. The number of fused-ring (bicyclic) bond motifs is 1. The van der Waals surface area contributed by atoms with E-state index in [1.54, 1.807) is 6.07 Å². The molecule has 0 fully saturated rings. The van der Waals surface area contributed by atoms with Crippen LogP contribution in [-0.4, -0.2) is 50.1 Å². The van der Waals surface area contributed by atoms with Crippen LogP contribution < -0.4 is 25.8 Å². The molecule has 0 bridgehead atoms. The first-order valence-electron chi connectivity index (χ1n) is 14.2. The maximum absolute atomic E-state index is 14.6. The van der Waals surface area contributed by atoms with E-state index in [1.165, 1.54) is 9.80 Å². The molecule has 1 heterocycles. The van der Waals surface area contributed by atoms with E-state index in [2.05, 4.69) is 5.32 Å². The van der Waals surface area contributed by atoms with E-state index in [1.807, 2.05) is 107 Å². The second-order valence-electron chi connectivity index (χ2n) is 11.8. The number of halogens is 1. The molecule has 0 aliphatic carbocycles. The number of nitrogens with two attached hydrogens (primary N) is 1. The molecule has 222 valence electrons. The number of amides is 4. The molecule has 8 nitrogen and oxygen atoms in total. The predicted octanol–water partition coefficient (Wildman–Crippen LogP) is 5.84. The Hall–Kier alpha value is -4.04. The minimum absolute atomic E-state index is 0.201. The molecule has 0 spiro atoms. The van der Waals surface area contributed by atoms with Crippen molar-refractivity contribution in [2.24, 2.45) is 5.73 Å². The molecule has 3 N–H and O–H groups in total. The third kappa shape index (κ3) is 6.71. The van der Waals surface area contributed by atoms with Gasteiger partial charge in [-0.1, -0.05) is 48.9 Å². The van der Waals surface area contributed by atoms with Crippen molar-refractivity contribution < 1.29 is 14.4 Å². The number of nitrogens with zero attached hydrogens (tertiary/aromatic N) is 3. The Balaban J connectivity index is 1.91. The summed E-state index contributed by atoms with van der Waals surface area (Å²) < 4.78 is 0. The number of anilines is 3. The van der Waals surface area contributed by atoms with Gasteiger partial charge in [0.25, 0.3) is 5.91 Å². The van der Waals surface area contributed by atoms with Gasteiger partial charge in [0.2, 0.25) is 5.91 Å². The lowest BCUT2D eigenvalue weighted by molar-refractivity contribution is -0.125. The fourth-order valence-corrected chi connectivity index (χ4v) is 5.48. The first kappa shape index (κ1) is 30.9. The van der Waals surface area contributed by atoms with E-state index in [4.69, 9.17) is 17.3 Å². The fourth-order valence-electron chi connectivity index (χ4n) is 5.35. The van der Waals surface area contributed by atoms with Crippen LogP contribution in [-0.2, 0) is 9.59 Å². The summed E-state index contributed by atoms with van der Waals surface area (Å²) in [5.41, 5.74) is 10.3. The smallest absolute Gasteiger partial charge is 0.320 e. The number of benzene rings is 3. The Labute approximate surface area is 253 Å². The van der Waals surface area contributed by atoms with Crippen LogP contribution in [0.25, 0.3) is 0 Å². The minimum Gasteiger partial charge on any atom is -0.378 e. The van der Waals surface area contributed by atoms with Gasteiger partial charge >= 0.3 is 6.03 Å². The molecule has 0 aromatic heterocycles. The Bertz CT molecular complexity index is 1470. The number of rotatable bonds is 8. The first-order valence-corrected chi connectivity index (χ1v) is 14.5. The maximum Gasteiger partial charge on any atom is 0.320 e. The molecule has 2 unspecified atom stereocenters. The maximum atomic E-state index is 14.6. The average molecular weight is 590 g/mol. The highest BCUT2D eigenvalue weighted by Gasteiger charge is 2.41. The summed E-state index contributed by atoms with van der Waals surface area (Å²) in [6.45, 7) is 7.63. The van der Waals surface area contributed by atoms with Crippen molar-refractivity contribution >= 4 is 46.5 Å². The summed E-state index contributed by atoms with van der Waals surface area (Å²) in [6, 6.07) is 19.0. The van der Waals surface area contributed by atoms with Gasteiger partial charge < -0.3 is 20.9 Å². The van der Waals surface area contributed by atoms with E-state index >= 15 is 0 Å². The normalized spacial score (nSPS) is 16.8. The van der Waals surface area contributed by atoms with E-state index in [-0.39, 0.29) is 30.7 Å². The van der Waals surface area contributed by atoms with Crippen LogP contribution in [0.4, 0.5) is 21.9 Å². The lowest BCUT2D eigenvalue weighted by Crippen LogP contribution is -2.55. The number of nitrogens with one attached hydrogen (secondary N) is 1. The molecular formula is C33H40ClN5O3. The van der Waals surface area contributed by atoms with Crippen LogP contribution in [0.5, 0.6) is 0 Å². The summed E-state index contributed by atoms with van der Waals surface area (Å²) in [7, 11) is 3.80. The van der Waals surface area contributed by atoms with Gasteiger partial charge in [0, 0.05) is 47.6 Å². The third-order valence-electron chi connectivity index (χ3n) is 7.97. The Morgan fingerprint density at radius 3 is 2.33 bits per heavy atom. The predicted molar refractivity (Wildman–Crippen MR) is 171 cm³/mol. The third-order valence-corrected chi connectivity index (χ3v) is 8.22. The van der Waals surface area contributed by atoms with E-state index in [9.17, 15) is 14.4 Å². The standard InChI is InChI=1S/C33H40ClN5O3/c1-7-33(3,4)36-30(40)20-38-28-17-21(2)11-16-26(28)27(22-12-14-23(34)15-13-22)19-29(31(38)41)39(32(35)42)25-10-8-9-24(18-25)37(5)6/h8-18,27,29H,7,19-20H2,1-6H3,(H2,35,42)(H,36,40). The van der Waals surface area contributed by atoms with Gasteiger partial charge in [-0.05, 0) is 86.7 Å². The quantitative estimate of drug-likeness (QED) is 0.345. The average Bonchev–Trinajstić information content (AvgIpc) is 3.04. The Morgan fingerprint density at radius 2 is 1.71 bits per heavy atom. The largest absolute Gasteiger partial charge is 0.378 e. The summed E-state index contributed by atoms with van der Waals surface area (Å²) >= 11 is 6.23. The van der Waals surface area contributed by atoms with Crippen molar-refractivity contribution in [1.29, 1.82) is 0 Å². The van der Waals surface area contributed by atoms with Gasteiger partial charge in [0.15, 0.2) is 0 Å².